The number of aliphatic hydroxyl groups is 1. The zero-order valence-corrected chi connectivity index (χ0v) is 10.4. The molecule has 0 heterocycles. The highest BCUT2D eigenvalue weighted by atomic mass is 16.3. The molecule has 0 bridgehead atoms. The Kier molecular flexibility index (Phi) is 5.03. The van der Waals surface area contributed by atoms with E-state index in [-0.39, 0.29) is 6.61 Å². The Bertz CT molecular complexity index is 184. The Morgan fingerprint density at radius 2 is 2.20 bits per heavy atom. The summed E-state index contributed by atoms with van der Waals surface area (Å²) < 4.78 is 0. The van der Waals surface area contributed by atoms with E-state index in [1.54, 1.807) is 0 Å². The number of hydrogen-bond donors (Lipinski definition) is 2. The van der Waals surface area contributed by atoms with E-state index in [0.29, 0.717) is 12.1 Å². The van der Waals surface area contributed by atoms with Crippen LogP contribution in [0.25, 0.3) is 0 Å². The lowest BCUT2D eigenvalue weighted by Gasteiger charge is -2.45. The molecule has 1 aliphatic carbocycles. The molecule has 0 aliphatic heterocycles. The van der Waals surface area contributed by atoms with Crippen LogP contribution in [0.15, 0.2) is 0 Å². The van der Waals surface area contributed by atoms with Gasteiger partial charge in [-0.2, -0.15) is 0 Å². The van der Waals surface area contributed by atoms with Gasteiger partial charge in [0, 0.05) is 18.6 Å². The normalized spacial score (nSPS) is 32.2. The highest BCUT2D eigenvalue weighted by Crippen LogP contribution is 2.35. The molecule has 2 atom stereocenters. The standard InChI is InChI=1S/C12H26N2O/c1-11-5-4-6-12(9-11,14(2)3)10-13-7-8-15/h11,13,15H,4-10H2,1-3H3. The number of likely N-dealkylation sites (N-methyl/N-ethyl adjacent to an activating group) is 1. The van der Waals surface area contributed by atoms with E-state index in [2.05, 4.69) is 31.2 Å². The average molecular weight is 214 g/mol. The van der Waals surface area contributed by atoms with E-state index in [9.17, 15) is 0 Å². The Hall–Kier alpha value is -0.120. The van der Waals surface area contributed by atoms with Gasteiger partial charge >= 0.3 is 0 Å². The third-order valence-corrected chi connectivity index (χ3v) is 3.76. The van der Waals surface area contributed by atoms with Crippen molar-refractivity contribution in [2.24, 2.45) is 5.92 Å². The average Bonchev–Trinajstić information content (AvgIpc) is 2.18. The van der Waals surface area contributed by atoms with E-state index < -0.39 is 0 Å². The van der Waals surface area contributed by atoms with Crippen LogP contribution >= 0.6 is 0 Å². The Balaban J connectivity index is 2.53. The maximum Gasteiger partial charge on any atom is 0.0555 e. The SMILES string of the molecule is CC1CCCC(CNCCO)(N(C)C)C1. The molecular formula is C12H26N2O. The molecule has 1 rings (SSSR count). The van der Waals surface area contributed by atoms with Crippen molar-refractivity contribution in [2.45, 2.75) is 38.1 Å². The lowest BCUT2D eigenvalue weighted by atomic mass is 9.75. The Labute approximate surface area is 93.9 Å². The second-order valence-corrected chi connectivity index (χ2v) is 5.22. The molecule has 1 aliphatic rings. The van der Waals surface area contributed by atoms with Gasteiger partial charge in [-0.15, -0.1) is 0 Å². The Morgan fingerprint density at radius 3 is 2.73 bits per heavy atom. The lowest BCUT2D eigenvalue weighted by molar-refractivity contribution is 0.0741. The summed E-state index contributed by atoms with van der Waals surface area (Å²) in [5.74, 6) is 0.831. The summed E-state index contributed by atoms with van der Waals surface area (Å²) in [7, 11) is 4.36. The van der Waals surface area contributed by atoms with Crippen molar-refractivity contribution in [3.63, 3.8) is 0 Å². The van der Waals surface area contributed by atoms with Gasteiger partial charge in [-0.25, -0.2) is 0 Å². The van der Waals surface area contributed by atoms with Gasteiger partial charge < -0.3 is 15.3 Å². The molecule has 1 fully saturated rings. The summed E-state index contributed by atoms with van der Waals surface area (Å²) in [5, 5.41) is 12.2. The summed E-state index contributed by atoms with van der Waals surface area (Å²) in [4.78, 5) is 2.37. The second-order valence-electron chi connectivity index (χ2n) is 5.22. The number of aliphatic hydroxyl groups excluding tert-OH is 1. The first kappa shape index (κ1) is 12.9. The molecule has 0 radical (unpaired) electrons. The van der Waals surface area contributed by atoms with E-state index in [1.165, 1.54) is 25.7 Å². The second kappa shape index (κ2) is 5.83. The smallest absolute Gasteiger partial charge is 0.0555 e. The van der Waals surface area contributed by atoms with Crippen LogP contribution in [0.5, 0.6) is 0 Å². The van der Waals surface area contributed by atoms with Crippen LogP contribution in [0, 0.1) is 5.92 Å². The van der Waals surface area contributed by atoms with Gasteiger partial charge in [0.1, 0.15) is 0 Å². The first-order chi connectivity index (χ1) is 7.10. The number of nitrogens with zero attached hydrogens (tertiary/aromatic N) is 1. The summed E-state index contributed by atoms with van der Waals surface area (Å²) >= 11 is 0. The molecule has 0 aromatic carbocycles. The predicted octanol–water partition coefficient (Wildman–Crippen LogP) is 1.08. The molecule has 1 saturated carbocycles. The molecule has 0 aromatic rings. The van der Waals surface area contributed by atoms with Crippen molar-refractivity contribution in [1.29, 1.82) is 0 Å². The molecule has 15 heavy (non-hydrogen) atoms. The maximum atomic E-state index is 8.79. The largest absolute Gasteiger partial charge is 0.395 e. The zero-order valence-electron chi connectivity index (χ0n) is 10.4. The third-order valence-electron chi connectivity index (χ3n) is 3.76. The molecule has 0 aromatic heterocycles. The highest BCUT2D eigenvalue weighted by molar-refractivity contribution is 4.94. The molecule has 90 valence electrons. The summed E-state index contributed by atoms with van der Waals surface area (Å²) in [5.41, 5.74) is 0.312. The molecule has 3 heteroatoms. The van der Waals surface area contributed by atoms with E-state index in [4.69, 9.17) is 5.11 Å². The fourth-order valence-corrected chi connectivity index (χ4v) is 2.76. The minimum atomic E-state index is 0.235. The summed E-state index contributed by atoms with van der Waals surface area (Å²) in [6.45, 7) is 4.30. The molecule has 3 nitrogen and oxygen atoms in total. The van der Waals surface area contributed by atoms with Crippen molar-refractivity contribution >= 4 is 0 Å². The summed E-state index contributed by atoms with van der Waals surface area (Å²) in [6, 6.07) is 0. The first-order valence-electron chi connectivity index (χ1n) is 6.10. The fraction of sp³-hybridized carbons (Fsp3) is 1.00. The Morgan fingerprint density at radius 1 is 1.47 bits per heavy atom. The van der Waals surface area contributed by atoms with E-state index >= 15 is 0 Å². The maximum absolute atomic E-state index is 8.79. The van der Waals surface area contributed by atoms with Gasteiger partial charge in [0.05, 0.1) is 6.61 Å². The van der Waals surface area contributed by atoms with E-state index in [0.717, 1.165) is 12.5 Å². The van der Waals surface area contributed by atoms with Gasteiger partial charge in [-0.3, -0.25) is 0 Å². The van der Waals surface area contributed by atoms with Crippen LogP contribution in [0.3, 0.4) is 0 Å². The van der Waals surface area contributed by atoms with Crippen LogP contribution in [-0.2, 0) is 0 Å². The van der Waals surface area contributed by atoms with Crippen molar-refractivity contribution < 1.29 is 5.11 Å². The molecule has 0 amide bonds. The molecule has 2 unspecified atom stereocenters. The van der Waals surface area contributed by atoms with Crippen LogP contribution in [0.1, 0.15) is 32.6 Å². The number of rotatable bonds is 5. The topological polar surface area (TPSA) is 35.5 Å². The van der Waals surface area contributed by atoms with Crippen molar-refractivity contribution in [1.82, 2.24) is 10.2 Å². The quantitative estimate of drug-likeness (QED) is 0.672. The van der Waals surface area contributed by atoms with Crippen molar-refractivity contribution in [3.8, 4) is 0 Å². The molecule has 0 spiro atoms. The first-order valence-corrected chi connectivity index (χ1v) is 6.10. The van der Waals surface area contributed by atoms with Gasteiger partial charge in [0.2, 0.25) is 0 Å². The van der Waals surface area contributed by atoms with Gasteiger partial charge in [0.25, 0.3) is 0 Å². The van der Waals surface area contributed by atoms with Gasteiger partial charge in [-0.05, 0) is 32.9 Å². The van der Waals surface area contributed by atoms with Crippen molar-refractivity contribution in [3.05, 3.63) is 0 Å². The van der Waals surface area contributed by atoms with Crippen LogP contribution in [0.2, 0.25) is 0 Å². The van der Waals surface area contributed by atoms with Crippen LogP contribution in [0.4, 0.5) is 0 Å². The molecule has 2 N–H and O–H groups in total. The lowest BCUT2D eigenvalue weighted by Crippen LogP contribution is -2.54. The zero-order chi connectivity index (χ0) is 11.3. The van der Waals surface area contributed by atoms with E-state index in [1.807, 2.05) is 0 Å². The number of nitrogens with one attached hydrogen (secondary N) is 1. The van der Waals surface area contributed by atoms with Crippen molar-refractivity contribution in [2.75, 3.05) is 33.8 Å². The minimum absolute atomic E-state index is 0.235. The highest BCUT2D eigenvalue weighted by Gasteiger charge is 2.36. The third kappa shape index (κ3) is 3.44. The molecule has 0 saturated heterocycles. The van der Waals surface area contributed by atoms with Crippen LogP contribution in [-0.4, -0.2) is 49.3 Å². The summed E-state index contributed by atoms with van der Waals surface area (Å²) in [6.07, 6.45) is 5.26. The van der Waals surface area contributed by atoms with Gasteiger partial charge in [-0.1, -0.05) is 19.8 Å². The van der Waals surface area contributed by atoms with Crippen LogP contribution < -0.4 is 5.32 Å². The molecular weight excluding hydrogens is 188 g/mol. The monoisotopic (exact) mass is 214 g/mol. The predicted molar refractivity (Wildman–Crippen MR) is 64.0 cm³/mol. The fourth-order valence-electron chi connectivity index (χ4n) is 2.76. The van der Waals surface area contributed by atoms with Gasteiger partial charge in [0.15, 0.2) is 0 Å². The minimum Gasteiger partial charge on any atom is -0.395 e. The number of hydrogen-bond acceptors (Lipinski definition) is 3.